The molecule has 150 valence electrons. The van der Waals surface area contributed by atoms with Gasteiger partial charge in [0, 0.05) is 48.6 Å². The summed E-state index contributed by atoms with van der Waals surface area (Å²) in [7, 11) is 0. The van der Waals surface area contributed by atoms with Crippen molar-refractivity contribution < 1.29 is 27.5 Å². The fourth-order valence-corrected chi connectivity index (χ4v) is 2.31. The molecule has 1 amide bonds. The van der Waals surface area contributed by atoms with E-state index in [9.17, 15) is 22.8 Å². The van der Waals surface area contributed by atoms with E-state index in [1.807, 2.05) is 0 Å². The number of aryl methyl sites for hydroxylation is 1. The van der Waals surface area contributed by atoms with Crippen LogP contribution in [0.2, 0.25) is 0 Å². The Morgan fingerprint density at radius 2 is 1.96 bits per heavy atom. The van der Waals surface area contributed by atoms with Crippen LogP contribution in [0.1, 0.15) is 40.7 Å². The van der Waals surface area contributed by atoms with Crippen LogP contribution in [0.3, 0.4) is 0 Å². The van der Waals surface area contributed by atoms with E-state index in [-0.39, 0.29) is 30.5 Å². The number of nitrogens with zero attached hydrogens (tertiary/aromatic N) is 2. The van der Waals surface area contributed by atoms with Crippen LogP contribution in [-0.2, 0) is 17.8 Å². The Labute approximate surface area is 160 Å². The van der Waals surface area contributed by atoms with Gasteiger partial charge in [0.1, 0.15) is 5.78 Å². The predicted octanol–water partition coefficient (Wildman–Crippen LogP) is 3.18. The van der Waals surface area contributed by atoms with Crippen LogP contribution in [0.5, 0.6) is 5.88 Å². The summed E-state index contributed by atoms with van der Waals surface area (Å²) in [6.07, 6.45) is -2.41. The molecule has 0 spiro atoms. The van der Waals surface area contributed by atoms with Crippen LogP contribution in [-0.4, -0.2) is 34.4 Å². The maximum Gasteiger partial charge on any atom is 0.422 e. The summed E-state index contributed by atoms with van der Waals surface area (Å²) >= 11 is 0. The first kappa shape index (κ1) is 21.3. The molecule has 0 fully saturated rings. The highest BCUT2D eigenvalue weighted by molar-refractivity contribution is 5.94. The van der Waals surface area contributed by atoms with Crippen molar-refractivity contribution in [2.24, 2.45) is 0 Å². The van der Waals surface area contributed by atoms with E-state index in [1.165, 1.54) is 18.3 Å². The van der Waals surface area contributed by atoms with E-state index >= 15 is 0 Å². The van der Waals surface area contributed by atoms with Gasteiger partial charge in [-0.15, -0.1) is 0 Å². The first-order chi connectivity index (χ1) is 13.2. The highest BCUT2D eigenvalue weighted by Crippen LogP contribution is 2.18. The third-order valence-electron chi connectivity index (χ3n) is 3.84. The fourth-order valence-electron chi connectivity index (χ4n) is 2.31. The Balaban J connectivity index is 1.97. The largest absolute Gasteiger partial charge is 0.468 e. The molecular formula is C19H20F3N3O3. The van der Waals surface area contributed by atoms with Crippen molar-refractivity contribution in [2.75, 3.05) is 6.61 Å². The maximum atomic E-state index is 12.3. The zero-order valence-electron chi connectivity index (χ0n) is 15.5. The van der Waals surface area contributed by atoms with Crippen LogP contribution < -0.4 is 10.1 Å². The summed E-state index contributed by atoms with van der Waals surface area (Å²) in [5.41, 5.74) is 1.97. The zero-order chi connectivity index (χ0) is 20.7. The van der Waals surface area contributed by atoms with Crippen molar-refractivity contribution in [2.45, 2.75) is 39.4 Å². The van der Waals surface area contributed by atoms with Gasteiger partial charge >= 0.3 is 6.18 Å². The number of carbonyl (C=O) groups excluding carboxylic acids is 2. The molecule has 0 atom stereocenters. The molecule has 9 heteroatoms. The summed E-state index contributed by atoms with van der Waals surface area (Å²) in [5.74, 6) is -0.465. The number of hydrogen-bond donors (Lipinski definition) is 1. The third kappa shape index (κ3) is 6.64. The van der Waals surface area contributed by atoms with Gasteiger partial charge in [-0.1, -0.05) is 13.0 Å². The number of amides is 1. The Morgan fingerprint density at radius 1 is 1.21 bits per heavy atom. The van der Waals surface area contributed by atoms with Gasteiger partial charge in [-0.2, -0.15) is 13.2 Å². The molecule has 0 bridgehead atoms. The summed E-state index contributed by atoms with van der Waals surface area (Å²) in [4.78, 5) is 31.9. The van der Waals surface area contributed by atoms with Gasteiger partial charge in [0.25, 0.3) is 5.91 Å². The maximum absolute atomic E-state index is 12.3. The molecule has 2 heterocycles. The van der Waals surface area contributed by atoms with Crippen molar-refractivity contribution in [1.82, 2.24) is 15.3 Å². The second kappa shape index (κ2) is 9.29. The minimum Gasteiger partial charge on any atom is -0.468 e. The molecule has 28 heavy (non-hydrogen) atoms. The van der Waals surface area contributed by atoms with Crippen LogP contribution in [0.4, 0.5) is 13.2 Å². The van der Waals surface area contributed by atoms with Gasteiger partial charge in [-0.25, -0.2) is 4.98 Å². The molecule has 0 aliphatic rings. The number of nitrogens with one attached hydrogen (secondary N) is 1. The number of halogens is 3. The lowest BCUT2D eigenvalue weighted by Crippen LogP contribution is -2.24. The Morgan fingerprint density at radius 3 is 2.61 bits per heavy atom. The van der Waals surface area contributed by atoms with Crippen molar-refractivity contribution >= 4 is 11.7 Å². The Hall–Kier alpha value is -2.97. The smallest absolute Gasteiger partial charge is 0.422 e. The molecular weight excluding hydrogens is 375 g/mol. The molecule has 0 unspecified atom stereocenters. The molecule has 0 aliphatic carbocycles. The molecule has 2 aromatic heterocycles. The second-order valence-corrected chi connectivity index (χ2v) is 6.09. The lowest BCUT2D eigenvalue weighted by molar-refractivity contribution is -0.154. The van der Waals surface area contributed by atoms with Crippen LogP contribution in [0, 0.1) is 6.92 Å². The van der Waals surface area contributed by atoms with Gasteiger partial charge in [0.2, 0.25) is 5.88 Å². The van der Waals surface area contributed by atoms with Gasteiger partial charge in [0.15, 0.2) is 6.61 Å². The van der Waals surface area contributed by atoms with Gasteiger partial charge in [0.05, 0.1) is 0 Å². The lowest BCUT2D eigenvalue weighted by atomic mass is 10.1. The number of Topliss-reactive ketones (excluding diaryl/α,β-unsaturated/α-hetero) is 1. The molecule has 2 rings (SSSR count). The zero-order valence-corrected chi connectivity index (χ0v) is 15.5. The number of rotatable bonds is 8. The minimum absolute atomic E-state index is 0.0274. The number of ketones is 1. The number of pyridine rings is 2. The van der Waals surface area contributed by atoms with Crippen molar-refractivity contribution in [3.63, 3.8) is 0 Å². The van der Waals surface area contributed by atoms with Crippen molar-refractivity contribution in [1.29, 1.82) is 0 Å². The monoisotopic (exact) mass is 395 g/mol. The fraction of sp³-hybridized carbons (Fsp3) is 0.368. The molecule has 1 N–H and O–H groups in total. The summed E-state index contributed by atoms with van der Waals surface area (Å²) in [6.45, 7) is 2.10. The van der Waals surface area contributed by atoms with E-state index in [0.717, 1.165) is 0 Å². The van der Waals surface area contributed by atoms with Crippen molar-refractivity contribution in [3.8, 4) is 5.88 Å². The van der Waals surface area contributed by atoms with E-state index in [4.69, 9.17) is 0 Å². The standard InChI is InChI=1S/C19H20F3N3O3/c1-3-16(26)9-15-8-13(6-7-23-15)18(27)24-10-14-4-5-17(25-12(14)2)28-11-19(20,21)22/h4-8H,3,9-11H2,1-2H3,(H,24,27). The van der Waals surface area contributed by atoms with E-state index in [0.29, 0.717) is 28.9 Å². The van der Waals surface area contributed by atoms with Crippen LogP contribution in [0.25, 0.3) is 0 Å². The third-order valence-corrected chi connectivity index (χ3v) is 3.84. The molecule has 6 nitrogen and oxygen atoms in total. The molecule has 0 aliphatic heterocycles. The number of aromatic nitrogens is 2. The quantitative estimate of drug-likeness (QED) is 0.743. The van der Waals surface area contributed by atoms with Crippen LogP contribution in [0.15, 0.2) is 30.5 Å². The number of carbonyl (C=O) groups is 2. The molecule has 0 radical (unpaired) electrons. The number of ether oxygens (including phenoxy) is 1. The Bertz CT molecular complexity index is 854. The first-order valence-electron chi connectivity index (χ1n) is 8.59. The molecule has 0 aromatic carbocycles. The predicted molar refractivity (Wildman–Crippen MR) is 94.9 cm³/mol. The SMILES string of the molecule is CCC(=O)Cc1cc(C(=O)NCc2ccc(OCC(F)(F)F)nc2C)ccn1. The summed E-state index contributed by atoms with van der Waals surface area (Å²) in [6, 6.07) is 5.96. The minimum atomic E-state index is -4.44. The number of alkyl halides is 3. The van der Waals surface area contributed by atoms with Gasteiger partial charge in [-0.05, 0) is 24.6 Å². The average Bonchev–Trinajstić information content (AvgIpc) is 2.65. The molecule has 0 saturated carbocycles. The van der Waals surface area contributed by atoms with E-state index in [2.05, 4.69) is 20.0 Å². The topological polar surface area (TPSA) is 81.2 Å². The van der Waals surface area contributed by atoms with E-state index in [1.54, 1.807) is 26.0 Å². The summed E-state index contributed by atoms with van der Waals surface area (Å²) in [5, 5.41) is 2.71. The van der Waals surface area contributed by atoms with E-state index < -0.39 is 12.8 Å². The lowest BCUT2D eigenvalue weighted by Gasteiger charge is -2.11. The van der Waals surface area contributed by atoms with Gasteiger partial charge < -0.3 is 10.1 Å². The average molecular weight is 395 g/mol. The Kier molecular flexibility index (Phi) is 7.08. The normalized spacial score (nSPS) is 11.2. The number of hydrogen-bond acceptors (Lipinski definition) is 5. The summed E-state index contributed by atoms with van der Waals surface area (Å²) < 4.78 is 41.2. The molecule has 0 saturated heterocycles. The highest BCUT2D eigenvalue weighted by atomic mass is 19.4. The first-order valence-corrected chi connectivity index (χ1v) is 8.59. The van der Waals surface area contributed by atoms with Crippen LogP contribution >= 0.6 is 0 Å². The van der Waals surface area contributed by atoms with Crippen molar-refractivity contribution in [3.05, 3.63) is 53.0 Å². The highest BCUT2D eigenvalue weighted by Gasteiger charge is 2.28. The molecule has 2 aromatic rings. The van der Waals surface area contributed by atoms with Gasteiger partial charge in [-0.3, -0.25) is 14.6 Å². The second-order valence-electron chi connectivity index (χ2n) is 6.09.